The minimum absolute atomic E-state index is 0. The Balaban J connectivity index is 0.000000142. The second-order valence-electron chi connectivity index (χ2n) is 37.8. The van der Waals surface area contributed by atoms with Crippen LogP contribution in [0, 0.1) is 36.7 Å². The standard InChI is InChI=1S/C66H40N6.C32H36B2O4.C23H14ClN3.CH3/c1-68-52-30-26-43(27-31-52)47-17-11-19-49(35-47)60-39-62(72-66(70-60)45-14-6-3-7-15-45)51-29-33-56-58(37-51)64-54-21-9-8-20-53(54)63(56)57-36-50(28-32-55(57)64)61-38-59(69-65(71-61)44-12-4-2-5-13-44)48-18-10-16-46(34-48)42-24-22-41(40-67)23-25-42;1-29(2)30(3,4)36-33(35-29)19-13-15-23-25(17-19)27-21-11-9-10-12-22(21)28(23)26-18-20(14-16-24(26)27)34-37-31(5,6)32(7,8)38-34;24-22-14-21(26-23(27-22)18-5-2-1-3-6-18)20-8-4-7-19(13-20)17-11-9-16(15-25)10-12-17;/h2-39,63-64H;9-18,27-28H,1-8H3;1-14H;1H3/q;;;-1. The van der Waals surface area contributed by atoms with Crippen LogP contribution in [0.5, 0.6) is 0 Å². The monoisotopic (exact) mass is 1800 g/mol. The number of nitriles is 2. The molecule has 3 aromatic heterocycles. The van der Waals surface area contributed by atoms with Gasteiger partial charge in [0.25, 0.3) is 0 Å². The van der Waals surface area contributed by atoms with E-state index in [9.17, 15) is 5.26 Å². The van der Waals surface area contributed by atoms with Crippen molar-refractivity contribution in [1.29, 1.82) is 10.5 Å². The van der Waals surface area contributed by atoms with E-state index in [0.717, 1.165) is 117 Å². The van der Waals surface area contributed by atoms with E-state index < -0.39 is 0 Å². The van der Waals surface area contributed by atoms with Gasteiger partial charge in [-0.15, -0.1) is 0 Å². The quantitative estimate of drug-likeness (QED) is 0.0610. The number of nitrogens with zero attached hydrogens (tertiary/aromatic N) is 9. The Bertz CT molecular complexity index is 7550. The highest BCUT2D eigenvalue weighted by Crippen LogP contribution is 2.59. The third-order valence-electron chi connectivity index (χ3n) is 28.5. The summed E-state index contributed by atoms with van der Waals surface area (Å²) in [6.07, 6.45) is 0. The summed E-state index contributed by atoms with van der Waals surface area (Å²) in [5.41, 5.74) is 36.9. The van der Waals surface area contributed by atoms with Gasteiger partial charge in [-0.25, -0.2) is 34.7 Å². The molecule has 0 N–H and O–H groups in total. The molecule has 13 nitrogen and oxygen atoms in total. The molecule has 2 fully saturated rings. The van der Waals surface area contributed by atoms with E-state index in [1.165, 1.54) is 66.8 Å². The average molecular weight is 1810 g/mol. The summed E-state index contributed by atoms with van der Waals surface area (Å²) in [6.45, 7) is 24.3. The minimum atomic E-state index is -0.369. The molecule has 15 aromatic carbocycles. The Kier molecular flexibility index (Phi) is 23.1. The third kappa shape index (κ3) is 16.5. The maximum Gasteiger partial charge on any atom is 0.494 e. The third-order valence-corrected chi connectivity index (χ3v) is 28.7. The second-order valence-corrected chi connectivity index (χ2v) is 38.2. The molecule has 664 valence electrons. The maximum absolute atomic E-state index is 9.41. The lowest BCUT2D eigenvalue weighted by molar-refractivity contribution is 0.00578. The molecule has 18 aromatic rings. The van der Waals surface area contributed by atoms with Crippen molar-refractivity contribution < 1.29 is 18.6 Å². The number of rotatable bonds is 13. The van der Waals surface area contributed by atoms with Crippen molar-refractivity contribution in [2.45, 2.75) is 101 Å². The fourth-order valence-corrected chi connectivity index (χ4v) is 20.2. The van der Waals surface area contributed by atoms with E-state index in [0.29, 0.717) is 39.4 Å². The Hall–Kier alpha value is -15.7. The van der Waals surface area contributed by atoms with Crippen molar-refractivity contribution in [2.75, 3.05) is 0 Å². The molecule has 6 aliphatic carbocycles. The molecule has 0 radical (unpaired) electrons. The van der Waals surface area contributed by atoms with Crippen molar-refractivity contribution in [3.63, 3.8) is 0 Å². The van der Waals surface area contributed by atoms with Gasteiger partial charge in [0.2, 0.25) is 0 Å². The fraction of sp³-hybridized carbons (Fsp3) is 0.131. The summed E-state index contributed by atoms with van der Waals surface area (Å²) >= 11 is 6.26. The zero-order valence-corrected chi connectivity index (χ0v) is 78.6. The van der Waals surface area contributed by atoms with E-state index in [2.05, 4.69) is 290 Å². The predicted molar refractivity (Wildman–Crippen MR) is 554 cm³/mol. The van der Waals surface area contributed by atoms with Gasteiger partial charge >= 0.3 is 14.2 Å². The van der Waals surface area contributed by atoms with Crippen LogP contribution >= 0.6 is 11.6 Å². The van der Waals surface area contributed by atoms with Crippen molar-refractivity contribution in [1.82, 2.24) is 29.9 Å². The van der Waals surface area contributed by atoms with Crippen LogP contribution < -0.4 is 10.9 Å². The van der Waals surface area contributed by atoms with Crippen LogP contribution in [-0.2, 0) is 18.6 Å². The summed E-state index contributed by atoms with van der Waals surface area (Å²) in [6, 6.07) is 134. The predicted octanol–water partition coefficient (Wildman–Crippen LogP) is 27.7. The van der Waals surface area contributed by atoms with Crippen LogP contribution in [0.1, 0.15) is 157 Å². The normalized spacial score (nSPS) is 16.6. The first kappa shape index (κ1) is 88.8. The summed E-state index contributed by atoms with van der Waals surface area (Å²) in [5, 5.41) is 18.8. The minimum Gasteiger partial charge on any atom is -0.399 e. The van der Waals surface area contributed by atoms with Gasteiger partial charge in [0.15, 0.2) is 23.2 Å². The van der Waals surface area contributed by atoms with E-state index >= 15 is 0 Å². The van der Waals surface area contributed by atoms with Gasteiger partial charge in [0, 0.05) is 74.2 Å². The Morgan fingerprint density at radius 1 is 0.261 bits per heavy atom. The number of hydrogen-bond acceptors (Lipinski definition) is 12. The van der Waals surface area contributed by atoms with E-state index in [1.807, 2.05) is 158 Å². The number of halogens is 1. The lowest BCUT2D eigenvalue weighted by atomic mass is 9.59. The van der Waals surface area contributed by atoms with Gasteiger partial charge in [-0.1, -0.05) is 315 Å². The molecule has 2 saturated heterocycles. The molecule has 4 bridgehead atoms. The molecule has 0 saturated carbocycles. The van der Waals surface area contributed by atoms with Crippen LogP contribution in [0.4, 0.5) is 5.69 Å². The maximum atomic E-state index is 9.41. The molecule has 2 aliphatic heterocycles. The fourth-order valence-electron chi connectivity index (χ4n) is 20.0. The summed E-state index contributed by atoms with van der Waals surface area (Å²) < 4.78 is 25.7. The van der Waals surface area contributed by atoms with Crippen LogP contribution in [0.15, 0.2) is 376 Å². The molecule has 5 heterocycles. The molecular weight excluding hydrogens is 1710 g/mol. The zero-order chi connectivity index (χ0) is 93.6. The largest absolute Gasteiger partial charge is 0.494 e. The number of aromatic nitrogens is 6. The van der Waals surface area contributed by atoms with E-state index in [-0.39, 0.29) is 67.7 Å². The lowest BCUT2D eigenvalue weighted by Gasteiger charge is -2.42. The van der Waals surface area contributed by atoms with Crippen LogP contribution in [0.2, 0.25) is 5.15 Å². The van der Waals surface area contributed by atoms with Crippen molar-refractivity contribution in [2.24, 2.45) is 0 Å². The Morgan fingerprint density at radius 3 is 0.833 bits per heavy atom. The summed E-state index contributed by atoms with van der Waals surface area (Å²) in [7, 11) is -0.738. The highest BCUT2D eigenvalue weighted by atomic mass is 35.5. The first-order valence-electron chi connectivity index (χ1n) is 46.3. The molecular formula is C122H93B2ClN9O4-. The van der Waals surface area contributed by atoms with Gasteiger partial charge in [0.1, 0.15) is 5.15 Å². The molecule has 4 atom stereocenters. The number of benzene rings is 15. The van der Waals surface area contributed by atoms with Gasteiger partial charge in [-0.3, -0.25) is 0 Å². The average Bonchev–Trinajstić information content (AvgIpc) is 1.04. The highest BCUT2D eigenvalue weighted by Gasteiger charge is 2.54. The van der Waals surface area contributed by atoms with E-state index in [1.54, 1.807) is 6.07 Å². The molecule has 26 rings (SSSR count). The van der Waals surface area contributed by atoms with Gasteiger partial charge in [-0.2, -0.15) is 10.5 Å². The van der Waals surface area contributed by atoms with Crippen molar-refractivity contribution in [3.05, 3.63) is 478 Å². The lowest BCUT2D eigenvalue weighted by Crippen LogP contribution is -2.41. The topological polar surface area (TPSA) is 166 Å². The molecule has 4 unspecified atom stereocenters. The molecule has 0 spiro atoms. The van der Waals surface area contributed by atoms with Crippen LogP contribution in [-0.4, -0.2) is 66.5 Å². The Labute approximate surface area is 811 Å². The van der Waals surface area contributed by atoms with Gasteiger partial charge in [-0.05, 0) is 233 Å². The molecule has 0 amide bonds. The molecule has 138 heavy (non-hydrogen) atoms. The van der Waals surface area contributed by atoms with Gasteiger partial charge < -0.3 is 26.0 Å². The molecule has 16 heteroatoms. The van der Waals surface area contributed by atoms with Crippen molar-refractivity contribution >= 4 is 42.5 Å². The number of hydrogen-bond donors (Lipinski definition) is 0. The highest BCUT2D eigenvalue weighted by molar-refractivity contribution is 6.62. The smallest absolute Gasteiger partial charge is 0.399 e. The second kappa shape index (κ2) is 35.8. The summed E-state index contributed by atoms with van der Waals surface area (Å²) in [5.74, 6) is 2.33. The van der Waals surface area contributed by atoms with Crippen molar-refractivity contribution in [3.8, 4) is 136 Å². The first-order chi connectivity index (χ1) is 66.6. The van der Waals surface area contributed by atoms with Gasteiger partial charge in [0.05, 0.1) is 80.7 Å². The first-order valence-corrected chi connectivity index (χ1v) is 46.7. The SMILES string of the molecule is CC1(C)OB(c2ccc3c(c2)C2c4ccccc4C3c3cc(B4OC(C)(C)C(C)(C)O4)ccc32)OC1(C)C.N#Cc1ccc(-c2cccc(-c3cc(Cl)nc(-c4ccccc4)n3)c2)cc1.[C-]#[N+]c1ccc(-c2cccc(-c3cc(-c4ccc5c(c4)C4c6ccccc6C5c5cc(-c6cc(-c7cccc(-c8ccc(C#N)cc8)c7)nc(-c7ccccc7)n6)ccc54)nc(-c4ccccc4)n3)c2)cc1.[CH3-]. The van der Waals surface area contributed by atoms with E-state index in [4.69, 9.17) is 67.0 Å². The zero-order valence-electron chi connectivity index (χ0n) is 77.8. The Morgan fingerprint density at radius 2 is 0.514 bits per heavy atom. The summed E-state index contributed by atoms with van der Waals surface area (Å²) in [4.78, 5) is 33.5. The molecule has 8 aliphatic rings. The van der Waals surface area contributed by atoms with Crippen LogP contribution in [0.3, 0.4) is 0 Å². The van der Waals surface area contributed by atoms with Crippen LogP contribution in [0.25, 0.3) is 129 Å².